The van der Waals surface area contributed by atoms with Crippen LogP contribution in [-0.4, -0.2) is 53.9 Å². The van der Waals surface area contributed by atoms with Crippen molar-refractivity contribution in [1.82, 2.24) is 14.7 Å². The molecule has 9 nitrogen and oxygen atoms in total. The van der Waals surface area contributed by atoms with Crippen LogP contribution in [0.2, 0.25) is 0 Å². The summed E-state index contributed by atoms with van der Waals surface area (Å²) in [6.07, 6.45) is 0.710. The van der Waals surface area contributed by atoms with Crippen LogP contribution in [0.15, 0.2) is 54.6 Å². The van der Waals surface area contributed by atoms with Gasteiger partial charge in [-0.2, -0.15) is 5.10 Å². The molecule has 3 amide bonds. The Morgan fingerprint density at radius 1 is 0.944 bits per heavy atom. The molecule has 0 fully saturated rings. The molecule has 0 unspecified atom stereocenters. The number of anilines is 2. The first-order valence-electron chi connectivity index (χ1n) is 11.9. The number of nitrogens with zero attached hydrogens (tertiary/aromatic N) is 3. The van der Waals surface area contributed by atoms with Crippen LogP contribution in [0.1, 0.15) is 39.8 Å². The quantitative estimate of drug-likeness (QED) is 0.434. The lowest BCUT2D eigenvalue weighted by molar-refractivity contribution is -0.116. The van der Waals surface area contributed by atoms with E-state index in [1.54, 1.807) is 43.2 Å². The second kappa shape index (κ2) is 11.6. The second-order valence-electron chi connectivity index (χ2n) is 9.40. The molecule has 0 aliphatic heterocycles. The number of aromatic nitrogens is 2. The highest BCUT2D eigenvalue weighted by atomic mass is 16.5. The predicted octanol–water partition coefficient (Wildman–Crippen LogP) is 5.07. The second-order valence-corrected chi connectivity index (χ2v) is 9.40. The number of carbonyl (C=O) groups excluding carboxylic acids is 2. The average molecular weight is 494 g/mol. The summed E-state index contributed by atoms with van der Waals surface area (Å²) in [5.41, 5.74) is 2.01. The van der Waals surface area contributed by atoms with Gasteiger partial charge >= 0.3 is 6.03 Å². The molecule has 0 spiro atoms. The minimum atomic E-state index is -0.351. The van der Waals surface area contributed by atoms with Crippen molar-refractivity contribution in [1.29, 1.82) is 0 Å². The molecule has 2 N–H and O–H groups in total. The van der Waals surface area contributed by atoms with Gasteiger partial charge in [-0.1, -0.05) is 27.7 Å². The molecule has 3 rings (SSSR count). The van der Waals surface area contributed by atoms with Gasteiger partial charge in [-0.15, -0.1) is 0 Å². The van der Waals surface area contributed by atoms with Crippen molar-refractivity contribution in [3.8, 4) is 17.2 Å². The van der Waals surface area contributed by atoms with Gasteiger partial charge in [0, 0.05) is 23.7 Å². The van der Waals surface area contributed by atoms with Crippen molar-refractivity contribution in [2.45, 2.75) is 39.5 Å². The van der Waals surface area contributed by atoms with E-state index in [2.05, 4.69) is 31.4 Å². The molecule has 0 bridgehead atoms. The Morgan fingerprint density at radius 2 is 1.53 bits per heavy atom. The topological polar surface area (TPSA) is 97.7 Å². The Morgan fingerprint density at radius 3 is 2.06 bits per heavy atom. The first-order chi connectivity index (χ1) is 17.1. The highest BCUT2D eigenvalue weighted by molar-refractivity contribution is 5.96. The third-order valence-corrected chi connectivity index (χ3v) is 5.52. The molecular formula is C27H35N5O4. The molecule has 0 saturated carbocycles. The van der Waals surface area contributed by atoms with Crippen LogP contribution in [0.4, 0.5) is 16.3 Å². The first kappa shape index (κ1) is 26.6. The minimum Gasteiger partial charge on any atom is -0.497 e. The number of rotatable bonds is 9. The molecule has 1 heterocycles. The Hall–Kier alpha value is -4.01. The van der Waals surface area contributed by atoms with E-state index >= 15 is 0 Å². The summed E-state index contributed by atoms with van der Waals surface area (Å²) < 4.78 is 12.1. The molecule has 0 aliphatic rings. The van der Waals surface area contributed by atoms with Crippen LogP contribution in [-0.2, 0) is 10.2 Å². The van der Waals surface area contributed by atoms with Crippen molar-refractivity contribution in [2.75, 3.05) is 37.9 Å². The zero-order chi connectivity index (χ0) is 26.3. The van der Waals surface area contributed by atoms with Gasteiger partial charge in [0.1, 0.15) is 23.9 Å². The Kier molecular flexibility index (Phi) is 8.58. The van der Waals surface area contributed by atoms with Gasteiger partial charge in [0.2, 0.25) is 5.91 Å². The lowest BCUT2D eigenvalue weighted by atomic mass is 9.92. The van der Waals surface area contributed by atoms with E-state index in [4.69, 9.17) is 14.6 Å². The smallest absolute Gasteiger partial charge is 0.322 e. The van der Waals surface area contributed by atoms with Crippen molar-refractivity contribution in [3.05, 3.63) is 60.3 Å². The Bertz CT molecular complexity index is 1160. The molecule has 3 aromatic rings. The van der Waals surface area contributed by atoms with Crippen molar-refractivity contribution in [3.63, 3.8) is 0 Å². The summed E-state index contributed by atoms with van der Waals surface area (Å²) in [5, 5.41) is 10.5. The van der Waals surface area contributed by atoms with Gasteiger partial charge in [0.25, 0.3) is 0 Å². The van der Waals surface area contributed by atoms with Gasteiger partial charge in [-0.25, -0.2) is 9.48 Å². The van der Waals surface area contributed by atoms with E-state index in [1.165, 1.54) is 4.90 Å². The van der Waals surface area contributed by atoms with E-state index in [1.807, 2.05) is 37.3 Å². The number of urea groups is 1. The van der Waals surface area contributed by atoms with E-state index in [-0.39, 0.29) is 23.9 Å². The largest absolute Gasteiger partial charge is 0.497 e. The summed E-state index contributed by atoms with van der Waals surface area (Å²) in [6.45, 7) is 8.47. The number of ether oxygens (including phenoxy) is 2. The summed E-state index contributed by atoms with van der Waals surface area (Å²) in [7, 11) is 3.19. The first-order valence-corrected chi connectivity index (χ1v) is 11.9. The molecule has 2 aromatic carbocycles. The number of hydrogen-bond acceptors (Lipinski definition) is 5. The molecule has 1 aromatic heterocycles. The minimum absolute atomic E-state index is 0.103. The van der Waals surface area contributed by atoms with Gasteiger partial charge in [-0.3, -0.25) is 4.79 Å². The monoisotopic (exact) mass is 493 g/mol. The zero-order valence-electron chi connectivity index (χ0n) is 21.8. The standard InChI is InChI=1S/C27H35N5O4/c1-7-16-31(26(34)28-19-8-12-21(35-5)13-9-19)18-25(33)29-24-17-23(27(2,3)4)30-32(24)20-10-14-22(36-6)15-11-20/h8-15,17H,7,16,18H2,1-6H3,(H,28,34)(H,29,33). The maximum Gasteiger partial charge on any atom is 0.322 e. The fourth-order valence-electron chi connectivity index (χ4n) is 3.51. The van der Waals surface area contributed by atoms with Gasteiger partial charge < -0.3 is 25.0 Å². The highest BCUT2D eigenvalue weighted by Crippen LogP contribution is 2.27. The molecule has 192 valence electrons. The maximum absolute atomic E-state index is 13.1. The number of hydrogen-bond donors (Lipinski definition) is 2. The van der Waals surface area contributed by atoms with Crippen LogP contribution in [0.3, 0.4) is 0 Å². The number of nitrogens with one attached hydrogen (secondary N) is 2. The summed E-state index contributed by atoms with van der Waals surface area (Å²) >= 11 is 0. The number of methoxy groups -OCH3 is 2. The normalized spacial score (nSPS) is 11.1. The summed E-state index contributed by atoms with van der Waals surface area (Å²) in [5.74, 6) is 1.64. The molecular weight excluding hydrogens is 458 g/mol. The fourth-order valence-corrected chi connectivity index (χ4v) is 3.51. The van der Waals surface area contributed by atoms with Crippen LogP contribution >= 0.6 is 0 Å². The SMILES string of the molecule is CCCN(CC(=O)Nc1cc(C(C)(C)C)nn1-c1ccc(OC)cc1)C(=O)Nc1ccc(OC)cc1. The highest BCUT2D eigenvalue weighted by Gasteiger charge is 2.23. The van der Waals surface area contributed by atoms with Crippen LogP contribution < -0.4 is 20.1 Å². The summed E-state index contributed by atoms with van der Waals surface area (Å²) in [6, 6.07) is 16.0. The maximum atomic E-state index is 13.1. The van der Waals surface area contributed by atoms with Crippen LogP contribution in [0.25, 0.3) is 5.69 Å². The molecule has 9 heteroatoms. The summed E-state index contributed by atoms with van der Waals surface area (Å²) in [4.78, 5) is 27.5. The molecule has 0 aliphatic carbocycles. The Labute approximate surface area is 212 Å². The van der Waals surface area contributed by atoms with Crippen molar-refractivity contribution < 1.29 is 19.1 Å². The molecule has 0 radical (unpaired) electrons. The molecule has 36 heavy (non-hydrogen) atoms. The van der Waals surface area contributed by atoms with Gasteiger partial charge in [0.15, 0.2) is 0 Å². The third kappa shape index (κ3) is 6.78. The third-order valence-electron chi connectivity index (χ3n) is 5.52. The van der Waals surface area contributed by atoms with Crippen LogP contribution in [0, 0.1) is 0 Å². The average Bonchev–Trinajstić information content (AvgIpc) is 3.28. The van der Waals surface area contributed by atoms with E-state index < -0.39 is 0 Å². The zero-order valence-corrected chi connectivity index (χ0v) is 21.8. The number of amides is 3. The van der Waals surface area contributed by atoms with Crippen molar-refractivity contribution in [2.24, 2.45) is 0 Å². The predicted molar refractivity (Wildman–Crippen MR) is 141 cm³/mol. The van der Waals surface area contributed by atoms with Crippen molar-refractivity contribution >= 4 is 23.4 Å². The van der Waals surface area contributed by atoms with Gasteiger partial charge in [0.05, 0.1) is 25.6 Å². The molecule has 0 saturated heterocycles. The fraction of sp³-hybridized carbons (Fsp3) is 0.370. The molecule has 0 atom stereocenters. The Balaban J connectivity index is 1.77. The lowest BCUT2D eigenvalue weighted by Gasteiger charge is -2.22. The number of carbonyl (C=O) groups is 2. The van der Waals surface area contributed by atoms with Gasteiger partial charge in [-0.05, 0) is 55.0 Å². The van der Waals surface area contributed by atoms with E-state index in [0.717, 1.165) is 17.1 Å². The van der Waals surface area contributed by atoms with Crippen LogP contribution in [0.5, 0.6) is 11.5 Å². The van der Waals surface area contributed by atoms with E-state index in [0.29, 0.717) is 30.2 Å². The number of benzene rings is 2. The van der Waals surface area contributed by atoms with E-state index in [9.17, 15) is 9.59 Å². The lowest BCUT2D eigenvalue weighted by Crippen LogP contribution is -2.41.